The fourth-order valence-corrected chi connectivity index (χ4v) is 3.72. The Labute approximate surface area is 176 Å². The minimum absolute atomic E-state index is 0.180. The third-order valence-corrected chi connectivity index (χ3v) is 5.56. The van der Waals surface area contributed by atoms with Crippen LogP contribution in [0.25, 0.3) is 11.3 Å². The first-order valence-electron chi connectivity index (χ1n) is 10.2. The molecule has 0 unspecified atom stereocenters. The van der Waals surface area contributed by atoms with E-state index in [1.165, 1.54) is 0 Å². The van der Waals surface area contributed by atoms with Crippen molar-refractivity contribution >= 4 is 5.91 Å². The van der Waals surface area contributed by atoms with Crippen molar-refractivity contribution in [3.8, 4) is 17.0 Å². The number of pyridine rings is 1. The second kappa shape index (κ2) is 9.09. The van der Waals surface area contributed by atoms with Crippen molar-refractivity contribution in [1.29, 1.82) is 0 Å². The molecule has 0 radical (unpaired) electrons. The Hall–Kier alpha value is -3.19. The lowest BCUT2D eigenvalue weighted by Crippen LogP contribution is -2.48. The van der Waals surface area contributed by atoms with E-state index in [9.17, 15) is 4.79 Å². The van der Waals surface area contributed by atoms with Crippen LogP contribution in [0.2, 0.25) is 0 Å². The van der Waals surface area contributed by atoms with Crippen molar-refractivity contribution in [2.24, 2.45) is 7.05 Å². The number of carbonyl (C=O) groups is 1. The van der Waals surface area contributed by atoms with Crippen LogP contribution in [0.5, 0.6) is 5.75 Å². The molecule has 0 spiro atoms. The highest BCUT2D eigenvalue weighted by molar-refractivity contribution is 5.79. The van der Waals surface area contributed by atoms with Gasteiger partial charge in [-0.25, -0.2) is 0 Å². The van der Waals surface area contributed by atoms with Crippen LogP contribution in [-0.2, 0) is 24.8 Å². The molecule has 0 aliphatic carbocycles. The number of aryl methyl sites for hydroxylation is 1. The average molecular weight is 406 g/mol. The maximum Gasteiger partial charge on any atom is 0.227 e. The lowest BCUT2D eigenvalue weighted by atomic mass is 10.1. The fourth-order valence-electron chi connectivity index (χ4n) is 3.72. The number of hydrogen-bond acceptors (Lipinski definition) is 5. The molecule has 2 aromatic heterocycles. The van der Waals surface area contributed by atoms with Crippen LogP contribution in [-0.4, -0.2) is 63.8 Å². The molecule has 7 heteroatoms. The molecule has 3 heterocycles. The average Bonchev–Trinajstić information content (AvgIpc) is 3.15. The number of carbonyl (C=O) groups excluding carboxylic acids is 1. The predicted molar refractivity (Wildman–Crippen MR) is 115 cm³/mol. The number of piperazine rings is 1. The summed E-state index contributed by atoms with van der Waals surface area (Å²) in [4.78, 5) is 21.2. The van der Waals surface area contributed by atoms with Gasteiger partial charge in [-0.2, -0.15) is 5.10 Å². The molecular formula is C23H27N5O2. The van der Waals surface area contributed by atoms with Crippen molar-refractivity contribution < 1.29 is 9.53 Å². The van der Waals surface area contributed by atoms with E-state index in [1.807, 2.05) is 59.2 Å². The van der Waals surface area contributed by atoms with E-state index < -0.39 is 0 Å². The molecule has 1 aliphatic rings. The van der Waals surface area contributed by atoms with E-state index >= 15 is 0 Å². The van der Waals surface area contributed by atoms with Gasteiger partial charge < -0.3 is 9.64 Å². The fraction of sp³-hybridized carbons (Fsp3) is 0.348. The number of nitrogens with zero attached hydrogens (tertiary/aromatic N) is 5. The molecule has 30 heavy (non-hydrogen) atoms. The molecule has 156 valence electrons. The molecule has 0 saturated carbocycles. The lowest BCUT2D eigenvalue weighted by Gasteiger charge is -2.34. The molecule has 1 saturated heterocycles. The summed E-state index contributed by atoms with van der Waals surface area (Å²) < 4.78 is 7.11. The minimum atomic E-state index is 0.180. The van der Waals surface area contributed by atoms with Gasteiger partial charge in [-0.1, -0.05) is 12.1 Å². The van der Waals surface area contributed by atoms with Crippen LogP contribution in [0.1, 0.15) is 11.3 Å². The lowest BCUT2D eigenvalue weighted by molar-refractivity contribution is -0.132. The summed E-state index contributed by atoms with van der Waals surface area (Å²) in [6.07, 6.45) is 4.03. The van der Waals surface area contributed by atoms with Gasteiger partial charge in [0.2, 0.25) is 5.91 Å². The van der Waals surface area contributed by atoms with Gasteiger partial charge in [-0.15, -0.1) is 0 Å². The standard InChI is InChI=1S/C23H27N5O2/c1-26-20(15-22(25-26)19-4-3-9-24-16-19)17-27-10-12-28(13-11-27)23(29)14-18-5-7-21(30-2)8-6-18/h3-9,15-16H,10-14,17H2,1-2H3. The van der Waals surface area contributed by atoms with Crippen LogP contribution in [0, 0.1) is 0 Å². The summed E-state index contributed by atoms with van der Waals surface area (Å²) in [5, 5.41) is 4.63. The van der Waals surface area contributed by atoms with Crippen molar-refractivity contribution in [3.63, 3.8) is 0 Å². The molecule has 0 N–H and O–H groups in total. The summed E-state index contributed by atoms with van der Waals surface area (Å²) in [6.45, 7) is 4.05. The van der Waals surface area contributed by atoms with Gasteiger partial charge in [0.15, 0.2) is 0 Å². The molecule has 7 nitrogen and oxygen atoms in total. The first-order valence-corrected chi connectivity index (χ1v) is 10.2. The van der Waals surface area contributed by atoms with Crippen LogP contribution >= 0.6 is 0 Å². The normalized spacial score (nSPS) is 14.7. The number of ether oxygens (including phenoxy) is 1. The van der Waals surface area contributed by atoms with Crippen molar-refractivity contribution in [2.75, 3.05) is 33.3 Å². The number of aromatic nitrogens is 3. The number of amides is 1. The monoisotopic (exact) mass is 405 g/mol. The SMILES string of the molecule is COc1ccc(CC(=O)N2CCN(Cc3cc(-c4cccnc4)nn3C)CC2)cc1. The quantitative estimate of drug-likeness (QED) is 0.630. The van der Waals surface area contributed by atoms with Crippen LogP contribution in [0.3, 0.4) is 0 Å². The largest absolute Gasteiger partial charge is 0.497 e. The smallest absolute Gasteiger partial charge is 0.227 e. The highest BCUT2D eigenvalue weighted by Gasteiger charge is 2.22. The summed E-state index contributed by atoms with van der Waals surface area (Å²) in [6, 6.07) is 13.8. The number of methoxy groups -OCH3 is 1. The Morgan fingerprint density at radius 2 is 1.87 bits per heavy atom. The minimum Gasteiger partial charge on any atom is -0.497 e. The van der Waals surface area contributed by atoms with Gasteiger partial charge >= 0.3 is 0 Å². The predicted octanol–water partition coefficient (Wildman–Crippen LogP) is 2.38. The Morgan fingerprint density at radius 3 is 2.53 bits per heavy atom. The van der Waals surface area contributed by atoms with Crippen molar-refractivity contribution in [2.45, 2.75) is 13.0 Å². The van der Waals surface area contributed by atoms with Gasteiger partial charge in [-0.05, 0) is 35.9 Å². The maximum absolute atomic E-state index is 12.7. The van der Waals surface area contributed by atoms with Crippen LogP contribution in [0.4, 0.5) is 0 Å². The van der Waals surface area contributed by atoms with E-state index in [0.29, 0.717) is 6.42 Å². The summed E-state index contributed by atoms with van der Waals surface area (Å²) in [5.74, 6) is 0.987. The van der Waals surface area contributed by atoms with Crippen LogP contribution < -0.4 is 4.74 Å². The molecule has 0 atom stereocenters. The highest BCUT2D eigenvalue weighted by atomic mass is 16.5. The molecule has 1 aromatic carbocycles. The molecular weight excluding hydrogens is 378 g/mol. The first-order chi connectivity index (χ1) is 14.6. The zero-order valence-electron chi connectivity index (χ0n) is 17.5. The molecule has 1 amide bonds. The summed E-state index contributed by atoms with van der Waals surface area (Å²) in [5.41, 5.74) is 4.13. The molecule has 4 rings (SSSR count). The number of hydrogen-bond donors (Lipinski definition) is 0. The maximum atomic E-state index is 12.7. The van der Waals surface area contributed by atoms with Crippen molar-refractivity contribution in [1.82, 2.24) is 24.6 Å². The van der Waals surface area contributed by atoms with Gasteiger partial charge in [0.05, 0.1) is 24.9 Å². The van der Waals surface area contributed by atoms with Crippen LogP contribution in [0.15, 0.2) is 54.9 Å². The second-order valence-electron chi connectivity index (χ2n) is 7.57. The zero-order valence-corrected chi connectivity index (χ0v) is 17.5. The Kier molecular flexibility index (Phi) is 6.09. The molecule has 1 aliphatic heterocycles. The Bertz CT molecular complexity index is 977. The topological polar surface area (TPSA) is 63.5 Å². The van der Waals surface area contributed by atoms with E-state index in [0.717, 1.165) is 61.0 Å². The Morgan fingerprint density at radius 1 is 1.10 bits per heavy atom. The molecule has 1 fully saturated rings. The van der Waals surface area contributed by atoms with Crippen molar-refractivity contribution in [3.05, 3.63) is 66.1 Å². The van der Waals surface area contributed by atoms with Gasteiger partial charge in [-0.3, -0.25) is 19.4 Å². The van der Waals surface area contributed by atoms with E-state index in [4.69, 9.17) is 4.74 Å². The molecule has 0 bridgehead atoms. The summed E-state index contributed by atoms with van der Waals surface area (Å²) >= 11 is 0. The first kappa shape index (κ1) is 20.1. The van der Waals surface area contributed by atoms with E-state index in [2.05, 4.69) is 21.0 Å². The zero-order chi connectivity index (χ0) is 20.9. The van der Waals surface area contributed by atoms with E-state index in [1.54, 1.807) is 13.3 Å². The van der Waals surface area contributed by atoms with E-state index in [-0.39, 0.29) is 5.91 Å². The third kappa shape index (κ3) is 4.68. The third-order valence-electron chi connectivity index (χ3n) is 5.56. The summed E-state index contributed by atoms with van der Waals surface area (Å²) in [7, 11) is 3.62. The highest BCUT2D eigenvalue weighted by Crippen LogP contribution is 2.19. The number of rotatable bonds is 6. The van der Waals surface area contributed by atoms with Gasteiger partial charge in [0, 0.05) is 57.7 Å². The second-order valence-corrected chi connectivity index (χ2v) is 7.57. The Balaban J connectivity index is 1.30. The van der Waals surface area contributed by atoms with Gasteiger partial charge in [0.1, 0.15) is 5.75 Å². The molecule has 3 aromatic rings. The number of benzene rings is 1. The van der Waals surface area contributed by atoms with Gasteiger partial charge in [0.25, 0.3) is 0 Å².